The zero-order chi connectivity index (χ0) is 7.56. The maximum absolute atomic E-state index is 12.8. The number of hydrogen-bond donors (Lipinski definition) is 0. The zero-order valence-corrected chi connectivity index (χ0v) is 8.63. The number of hydrogen-bond acceptors (Lipinski definition) is 0. The molecule has 0 spiro atoms. The van der Waals surface area contributed by atoms with Crippen LogP contribution < -0.4 is 0 Å². The molecule has 0 nitrogen and oxygen atoms in total. The molecule has 1 saturated carbocycles. The Hall–Kier alpha value is 0.840. The van der Waals surface area contributed by atoms with Gasteiger partial charge in [0.2, 0.25) is 0 Å². The molecule has 0 aromatic carbocycles. The van der Waals surface area contributed by atoms with Crippen LogP contribution in [-0.4, -0.2) is 16.7 Å². The SMILES string of the molecule is FC1CC[C@@H](Br)CC(P)C1. The first-order chi connectivity index (χ1) is 4.68. The normalized spacial score (nSPS) is 42.9. The first kappa shape index (κ1) is 8.93. The number of alkyl halides is 2. The van der Waals surface area contributed by atoms with Crippen LogP contribution in [0.5, 0.6) is 0 Å². The summed E-state index contributed by atoms with van der Waals surface area (Å²) in [5, 5.41) is 0. The topological polar surface area (TPSA) is 0 Å². The molecule has 3 heteroatoms. The fraction of sp³-hybridized carbons (Fsp3) is 1.00. The molecule has 1 fully saturated rings. The monoisotopic (exact) mass is 226 g/mol. The minimum Gasteiger partial charge on any atom is -0.247 e. The van der Waals surface area contributed by atoms with Gasteiger partial charge in [-0.1, -0.05) is 15.9 Å². The number of halogens is 2. The first-order valence-corrected chi connectivity index (χ1v) is 5.30. The molecule has 0 aromatic rings. The maximum Gasteiger partial charge on any atom is 0.101 e. The van der Waals surface area contributed by atoms with Gasteiger partial charge in [0, 0.05) is 4.83 Å². The Kier molecular flexibility index (Phi) is 3.59. The summed E-state index contributed by atoms with van der Waals surface area (Å²) in [6.07, 6.45) is 3.00. The first-order valence-electron chi connectivity index (χ1n) is 3.72. The summed E-state index contributed by atoms with van der Waals surface area (Å²) in [6.45, 7) is 0. The predicted octanol–water partition coefficient (Wildman–Crippen LogP) is 2.91. The average molecular weight is 227 g/mol. The van der Waals surface area contributed by atoms with Crippen LogP contribution in [0.3, 0.4) is 0 Å². The third kappa shape index (κ3) is 2.84. The van der Waals surface area contributed by atoms with E-state index in [-0.39, 0.29) is 0 Å². The molecule has 0 radical (unpaired) electrons. The summed E-state index contributed by atoms with van der Waals surface area (Å²) in [7, 11) is 2.72. The van der Waals surface area contributed by atoms with Crippen LogP contribution in [0.2, 0.25) is 0 Å². The van der Waals surface area contributed by atoms with E-state index in [1.807, 2.05) is 0 Å². The van der Waals surface area contributed by atoms with E-state index in [1.165, 1.54) is 0 Å². The second kappa shape index (κ2) is 4.01. The van der Waals surface area contributed by atoms with Gasteiger partial charge in [0.05, 0.1) is 0 Å². The molecule has 0 heterocycles. The Bertz CT molecular complexity index is 97.8. The standard InChI is InChI=1S/C7H13BrFP/c8-5-1-2-6(9)4-7(10)3-5/h5-7H,1-4,10H2/t5-,6?,7?/m1/s1. The van der Waals surface area contributed by atoms with Crippen molar-refractivity contribution in [3.8, 4) is 0 Å². The molecule has 3 unspecified atom stereocenters. The Morgan fingerprint density at radius 3 is 2.70 bits per heavy atom. The largest absolute Gasteiger partial charge is 0.247 e. The van der Waals surface area contributed by atoms with Gasteiger partial charge in [-0.05, 0) is 31.3 Å². The van der Waals surface area contributed by atoms with Crippen molar-refractivity contribution < 1.29 is 4.39 Å². The molecule has 0 aliphatic heterocycles. The Morgan fingerprint density at radius 1 is 1.30 bits per heavy atom. The van der Waals surface area contributed by atoms with E-state index in [4.69, 9.17) is 0 Å². The van der Waals surface area contributed by atoms with Gasteiger partial charge in [0.1, 0.15) is 6.17 Å². The fourth-order valence-electron chi connectivity index (χ4n) is 1.35. The molecule has 1 rings (SSSR count). The molecule has 10 heavy (non-hydrogen) atoms. The van der Waals surface area contributed by atoms with Crippen molar-refractivity contribution in [3.05, 3.63) is 0 Å². The van der Waals surface area contributed by atoms with Crippen LogP contribution >= 0.6 is 25.2 Å². The van der Waals surface area contributed by atoms with E-state index in [0.717, 1.165) is 25.7 Å². The second-order valence-corrected chi connectivity index (χ2v) is 5.24. The maximum atomic E-state index is 12.8. The highest BCUT2D eigenvalue weighted by Gasteiger charge is 2.20. The average Bonchev–Trinajstić information content (AvgIpc) is 1.93. The van der Waals surface area contributed by atoms with Gasteiger partial charge in [0.15, 0.2) is 0 Å². The molecule has 0 saturated heterocycles. The molecule has 0 aromatic heterocycles. The van der Waals surface area contributed by atoms with Gasteiger partial charge >= 0.3 is 0 Å². The lowest BCUT2D eigenvalue weighted by molar-refractivity contribution is 0.303. The van der Waals surface area contributed by atoms with Crippen molar-refractivity contribution in [1.82, 2.24) is 0 Å². The van der Waals surface area contributed by atoms with Gasteiger partial charge in [-0.3, -0.25) is 0 Å². The third-order valence-corrected chi connectivity index (χ3v) is 3.29. The highest BCUT2D eigenvalue weighted by Crippen LogP contribution is 2.29. The molecule has 60 valence electrons. The van der Waals surface area contributed by atoms with Crippen LogP contribution in [0.4, 0.5) is 4.39 Å². The molecule has 1 aliphatic carbocycles. The smallest absolute Gasteiger partial charge is 0.101 e. The second-order valence-electron chi connectivity index (χ2n) is 3.00. The predicted molar refractivity (Wildman–Crippen MR) is 49.6 cm³/mol. The summed E-state index contributed by atoms with van der Waals surface area (Å²) in [6, 6.07) is 0. The minimum atomic E-state index is -0.565. The molecule has 1 aliphatic rings. The van der Waals surface area contributed by atoms with Gasteiger partial charge in [0.25, 0.3) is 0 Å². The van der Waals surface area contributed by atoms with E-state index in [2.05, 4.69) is 25.2 Å². The van der Waals surface area contributed by atoms with Crippen molar-refractivity contribution >= 4 is 25.2 Å². The molecule has 0 amide bonds. The van der Waals surface area contributed by atoms with Gasteiger partial charge in [-0.25, -0.2) is 4.39 Å². The van der Waals surface area contributed by atoms with Crippen molar-refractivity contribution in [2.75, 3.05) is 0 Å². The van der Waals surface area contributed by atoms with Gasteiger partial charge < -0.3 is 0 Å². The van der Waals surface area contributed by atoms with Gasteiger partial charge in [-0.15, -0.1) is 9.24 Å². The lowest BCUT2D eigenvalue weighted by Crippen LogP contribution is -2.05. The van der Waals surface area contributed by atoms with Crippen molar-refractivity contribution in [1.29, 1.82) is 0 Å². The van der Waals surface area contributed by atoms with E-state index in [9.17, 15) is 4.39 Å². The van der Waals surface area contributed by atoms with Crippen LogP contribution in [-0.2, 0) is 0 Å². The summed E-state index contributed by atoms with van der Waals surface area (Å²) >= 11 is 3.53. The van der Waals surface area contributed by atoms with E-state index in [1.54, 1.807) is 0 Å². The van der Waals surface area contributed by atoms with E-state index < -0.39 is 6.17 Å². The van der Waals surface area contributed by atoms with E-state index in [0.29, 0.717) is 10.5 Å². The summed E-state index contributed by atoms with van der Waals surface area (Å²) < 4.78 is 12.8. The highest BCUT2D eigenvalue weighted by molar-refractivity contribution is 9.09. The molecular formula is C7H13BrFP. The fourth-order valence-corrected chi connectivity index (χ4v) is 3.12. The quantitative estimate of drug-likeness (QED) is 0.339. The lowest BCUT2D eigenvalue weighted by atomic mass is 10.2. The molecule has 4 atom stereocenters. The van der Waals surface area contributed by atoms with Crippen molar-refractivity contribution in [2.24, 2.45) is 0 Å². The molecule has 0 bridgehead atoms. The Morgan fingerprint density at radius 2 is 2.00 bits per heavy atom. The van der Waals surface area contributed by atoms with Crippen molar-refractivity contribution in [3.63, 3.8) is 0 Å². The summed E-state index contributed by atoms with van der Waals surface area (Å²) in [5.41, 5.74) is 0.474. The van der Waals surface area contributed by atoms with Crippen LogP contribution in [0.25, 0.3) is 0 Å². The number of rotatable bonds is 0. The summed E-state index contributed by atoms with van der Waals surface area (Å²) in [5.74, 6) is 0. The molecular weight excluding hydrogens is 214 g/mol. The van der Waals surface area contributed by atoms with Crippen LogP contribution in [0, 0.1) is 0 Å². The highest BCUT2D eigenvalue weighted by atomic mass is 79.9. The van der Waals surface area contributed by atoms with Gasteiger partial charge in [-0.2, -0.15) is 0 Å². The van der Waals surface area contributed by atoms with Crippen LogP contribution in [0.1, 0.15) is 25.7 Å². The molecule has 0 N–H and O–H groups in total. The van der Waals surface area contributed by atoms with Crippen molar-refractivity contribution in [2.45, 2.75) is 42.3 Å². The zero-order valence-electron chi connectivity index (χ0n) is 5.89. The minimum absolute atomic E-state index is 0.474. The summed E-state index contributed by atoms with van der Waals surface area (Å²) in [4.78, 5) is 0.538. The Labute approximate surface area is 72.3 Å². The third-order valence-electron chi connectivity index (χ3n) is 1.91. The van der Waals surface area contributed by atoms with Crippen LogP contribution in [0.15, 0.2) is 0 Å². The van der Waals surface area contributed by atoms with E-state index >= 15 is 0 Å². The Balaban J connectivity index is 2.38. The lowest BCUT2D eigenvalue weighted by Gasteiger charge is -2.09.